The molecule has 3 rings (SSSR count). The summed E-state index contributed by atoms with van der Waals surface area (Å²) in [4.78, 5) is 26.4. The standard InChI is InChI=1S/C17H19N3O2/c1-12-6-4-5-9-17(12)15(21)20(16(22)19-17)11-14-8-3-2-7-13(14)10-18/h2-3,7-8,12H,4-6,9,11H2,1H3,(H,19,22). The number of benzene rings is 1. The summed E-state index contributed by atoms with van der Waals surface area (Å²) < 4.78 is 0. The highest BCUT2D eigenvalue weighted by atomic mass is 16.2. The topological polar surface area (TPSA) is 73.2 Å². The van der Waals surface area contributed by atoms with E-state index in [9.17, 15) is 9.59 Å². The molecule has 1 saturated heterocycles. The molecule has 1 aliphatic heterocycles. The highest BCUT2D eigenvalue weighted by Crippen LogP contribution is 2.38. The van der Waals surface area contributed by atoms with Crippen LogP contribution >= 0.6 is 0 Å². The molecular formula is C17H19N3O2. The summed E-state index contributed by atoms with van der Waals surface area (Å²) in [5.41, 5.74) is 0.464. The lowest BCUT2D eigenvalue weighted by Gasteiger charge is -2.36. The first kappa shape index (κ1) is 14.6. The first-order chi connectivity index (χ1) is 10.6. The molecule has 0 radical (unpaired) electrons. The van der Waals surface area contributed by atoms with Gasteiger partial charge in [-0.2, -0.15) is 5.26 Å². The second-order valence-electron chi connectivity index (χ2n) is 6.21. The smallest absolute Gasteiger partial charge is 0.323 e. The van der Waals surface area contributed by atoms with Crippen LogP contribution in [-0.2, 0) is 11.3 Å². The van der Waals surface area contributed by atoms with Crippen LogP contribution in [0.5, 0.6) is 0 Å². The molecule has 1 aliphatic carbocycles. The first-order valence-corrected chi connectivity index (χ1v) is 7.70. The molecule has 5 heteroatoms. The molecule has 114 valence electrons. The first-order valence-electron chi connectivity index (χ1n) is 7.70. The van der Waals surface area contributed by atoms with Gasteiger partial charge in [-0.05, 0) is 30.4 Å². The minimum atomic E-state index is -0.739. The second kappa shape index (κ2) is 5.45. The zero-order valence-electron chi connectivity index (χ0n) is 12.6. The fourth-order valence-corrected chi connectivity index (χ4v) is 3.58. The van der Waals surface area contributed by atoms with Gasteiger partial charge in [-0.15, -0.1) is 0 Å². The predicted octanol–water partition coefficient (Wildman–Crippen LogP) is 2.56. The van der Waals surface area contributed by atoms with E-state index in [1.54, 1.807) is 18.2 Å². The monoisotopic (exact) mass is 297 g/mol. The van der Waals surface area contributed by atoms with Gasteiger partial charge in [0.2, 0.25) is 0 Å². The number of carbonyl (C=O) groups excluding carboxylic acids is 2. The Kier molecular flexibility index (Phi) is 3.61. The minimum absolute atomic E-state index is 0.141. The second-order valence-corrected chi connectivity index (χ2v) is 6.21. The highest BCUT2D eigenvalue weighted by Gasteiger charge is 2.54. The largest absolute Gasteiger partial charge is 0.325 e. The quantitative estimate of drug-likeness (QED) is 0.853. The Morgan fingerprint density at radius 3 is 2.86 bits per heavy atom. The van der Waals surface area contributed by atoms with Crippen molar-refractivity contribution >= 4 is 11.9 Å². The number of carbonyl (C=O) groups is 2. The van der Waals surface area contributed by atoms with Crippen LogP contribution in [0.1, 0.15) is 43.7 Å². The van der Waals surface area contributed by atoms with Crippen LogP contribution in [-0.4, -0.2) is 22.4 Å². The van der Waals surface area contributed by atoms with Crippen molar-refractivity contribution in [3.8, 4) is 6.07 Å². The fraction of sp³-hybridized carbons (Fsp3) is 0.471. The molecule has 0 aromatic heterocycles. The predicted molar refractivity (Wildman–Crippen MR) is 80.6 cm³/mol. The van der Waals surface area contributed by atoms with E-state index in [2.05, 4.69) is 11.4 Å². The lowest BCUT2D eigenvalue weighted by molar-refractivity contribution is -0.134. The van der Waals surface area contributed by atoms with Crippen molar-refractivity contribution in [1.29, 1.82) is 5.26 Å². The summed E-state index contributed by atoms with van der Waals surface area (Å²) in [5.74, 6) is 0.00588. The zero-order valence-corrected chi connectivity index (χ0v) is 12.6. The van der Waals surface area contributed by atoms with Crippen LogP contribution in [0.3, 0.4) is 0 Å². The molecule has 1 spiro atoms. The number of nitrogens with one attached hydrogen (secondary N) is 1. The Morgan fingerprint density at radius 2 is 2.14 bits per heavy atom. The van der Waals surface area contributed by atoms with E-state index in [0.717, 1.165) is 19.3 Å². The number of nitriles is 1. The lowest BCUT2D eigenvalue weighted by Crippen LogP contribution is -2.53. The average Bonchev–Trinajstić information content (AvgIpc) is 2.76. The number of nitrogens with zero attached hydrogens (tertiary/aromatic N) is 2. The molecule has 1 N–H and O–H groups in total. The minimum Gasteiger partial charge on any atom is -0.323 e. The van der Waals surface area contributed by atoms with Gasteiger partial charge in [0.1, 0.15) is 5.54 Å². The van der Waals surface area contributed by atoms with E-state index >= 15 is 0 Å². The van der Waals surface area contributed by atoms with Gasteiger partial charge in [0.05, 0.1) is 18.2 Å². The SMILES string of the molecule is CC1CCCCC12NC(=O)N(Cc1ccccc1C#N)C2=O. The van der Waals surface area contributed by atoms with Crippen LogP contribution in [0.4, 0.5) is 4.79 Å². The maximum atomic E-state index is 12.9. The van der Waals surface area contributed by atoms with Crippen molar-refractivity contribution in [2.45, 2.75) is 44.7 Å². The number of urea groups is 1. The van der Waals surface area contributed by atoms with Crippen LogP contribution in [0.15, 0.2) is 24.3 Å². The van der Waals surface area contributed by atoms with Gasteiger partial charge in [0.15, 0.2) is 0 Å². The molecule has 22 heavy (non-hydrogen) atoms. The Balaban J connectivity index is 1.88. The van der Waals surface area contributed by atoms with Crippen molar-refractivity contribution in [2.75, 3.05) is 0 Å². The molecular weight excluding hydrogens is 278 g/mol. The number of rotatable bonds is 2. The third-order valence-electron chi connectivity index (χ3n) is 4.97. The van der Waals surface area contributed by atoms with E-state index in [0.29, 0.717) is 17.5 Å². The molecule has 5 nitrogen and oxygen atoms in total. The summed E-state index contributed by atoms with van der Waals surface area (Å²) in [6, 6.07) is 8.84. The summed E-state index contributed by atoms with van der Waals surface area (Å²) >= 11 is 0. The molecule has 2 aliphatic rings. The summed E-state index contributed by atoms with van der Waals surface area (Å²) in [6.07, 6.45) is 3.71. The summed E-state index contributed by atoms with van der Waals surface area (Å²) in [5, 5.41) is 12.1. The molecule has 0 bridgehead atoms. The van der Waals surface area contributed by atoms with Crippen molar-refractivity contribution in [3.63, 3.8) is 0 Å². The van der Waals surface area contributed by atoms with E-state index < -0.39 is 5.54 Å². The lowest BCUT2D eigenvalue weighted by atomic mass is 9.73. The van der Waals surface area contributed by atoms with Gasteiger partial charge in [0.25, 0.3) is 5.91 Å². The summed E-state index contributed by atoms with van der Waals surface area (Å²) in [6.45, 7) is 2.19. The van der Waals surface area contributed by atoms with Crippen molar-refractivity contribution in [1.82, 2.24) is 10.2 Å². The van der Waals surface area contributed by atoms with E-state index in [-0.39, 0.29) is 24.4 Å². The van der Waals surface area contributed by atoms with Crippen LogP contribution in [0, 0.1) is 17.2 Å². The molecule has 2 fully saturated rings. The van der Waals surface area contributed by atoms with E-state index in [1.165, 1.54) is 4.90 Å². The molecule has 1 aromatic rings. The Morgan fingerprint density at radius 1 is 1.36 bits per heavy atom. The maximum Gasteiger partial charge on any atom is 0.325 e. The third kappa shape index (κ3) is 2.16. The summed E-state index contributed by atoms with van der Waals surface area (Å²) in [7, 11) is 0. The molecule has 1 heterocycles. The van der Waals surface area contributed by atoms with Crippen LogP contribution < -0.4 is 5.32 Å². The zero-order chi connectivity index (χ0) is 15.7. The molecule has 3 amide bonds. The normalized spacial score (nSPS) is 27.8. The molecule has 1 aromatic carbocycles. The Bertz CT molecular complexity index is 664. The third-order valence-corrected chi connectivity index (χ3v) is 4.97. The van der Waals surface area contributed by atoms with Gasteiger partial charge in [-0.25, -0.2) is 4.79 Å². The number of hydrogen-bond acceptors (Lipinski definition) is 3. The molecule has 2 unspecified atom stereocenters. The van der Waals surface area contributed by atoms with Crippen molar-refractivity contribution < 1.29 is 9.59 Å². The van der Waals surface area contributed by atoms with E-state index in [4.69, 9.17) is 5.26 Å². The maximum absolute atomic E-state index is 12.9. The number of imide groups is 1. The Hall–Kier alpha value is -2.35. The van der Waals surface area contributed by atoms with Gasteiger partial charge < -0.3 is 5.32 Å². The van der Waals surface area contributed by atoms with Crippen molar-refractivity contribution in [2.24, 2.45) is 5.92 Å². The van der Waals surface area contributed by atoms with Gasteiger partial charge >= 0.3 is 6.03 Å². The highest BCUT2D eigenvalue weighted by molar-refractivity contribution is 6.07. The average molecular weight is 297 g/mol. The number of amides is 3. The fourth-order valence-electron chi connectivity index (χ4n) is 3.58. The van der Waals surface area contributed by atoms with Gasteiger partial charge in [-0.1, -0.05) is 38.0 Å². The van der Waals surface area contributed by atoms with E-state index in [1.807, 2.05) is 13.0 Å². The van der Waals surface area contributed by atoms with Gasteiger partial charge in [0, 0.05) is 0 Å². The van der Waals surface area contributed by atoms with Crippen molar-refractivity contribution in [3.05, 3.63) is 35.4 Å². The Labute approximate surface area is 129 Å². The van der Waals surface area contributed by atoms with Crippen LogP contribution in [0.25, 0.3) is 0 Å². The van der Waals surface area contributed by atoms with Gasteiger partial charge in [-0.3, -0.25) is 9.69 Å². The molecule has 2 atom stereocenters. The number of hydrogen-bond donors (Lipinski definition) is 1. The molecule has 1 saturated carbocycles. The van der Waals surface area contributed by atoms with Crippen LogP contribution in [0.2, 0.25) is 0 Å².